The number of anilines is 2. The number of aryl methyl sites for hydroxylation is 1. The van der Waals surface area contributed by atoms with E-state index in [2.05, 4.69) is 10.2 Å². The SMILES string of the molecule is Cc1ccc(S(=O)(=O)CCC(=O)Nc2ccc(N3CCCCC3)cc2)cc1. The van der Waals surface area contributed by atoms with Crippen LogP contribution in [0.3, 0.4) is 0 Å². The molecule has 1 saturated heterocycles. The number of hydrogen-bond acceptors (Lipinski definition) is 4. The lowest BCUT2D eigenvalue weighted by Crippen LogP contribution is -2.29. The van der Waals surface area contributed by atoms with Crippen LogP contribution in [-0.4, -0.2) is 33.2 Å². The maximum Gasteiger partial charge on any atom is 0.225 e. The highest BCUT2D eigenvalue weighted by molar-refractivity contribution is 7.91. The van der Waals surface area contributed by atoms with E-state index in [-0.39, 0.29) is 23.0 Å². The van der Waals surface area contributed by atoms with Gasteiger partial charge in [-0.2, -0.15) is 0 Å². The Morgan fingerprint density at radius 3 is 2.22 bits per heavy atom. The number of amides is 1. The first kappa shape index (κ1) is 19.4. The van der Waals surface area contributed by atoms with E-state index in [1.165, 1.54) is 19.3 Å². The van der Waals surface area contributed by atoms with E-state index < -0.39 is 9.84 Å². The first-order valence-corrected chi connectivity index (χ1v) is 11.0. The first-order valence-electron chi connectivity index (χ1n) is 9.38. The van der Waals surface area contributed by atoms with Gasteiger partial charge in [-0.05, 0) is 62.6 Å². The fraction of sp³-hybridized carbons (Fsp3) is 0.381. The maximum absolute atomic E-state index is 12.3. The highest BCUT2D eigenvalue weighted by Gasteiger charge is 2.16. The second-order valence-electron chi connectivity index (χ2n) is 7.02. The van der Waals surface area contributed by atoms with E-state index in [0.29, 0.717) is 5.69 Å². The second-order valence-corrected chi connectivity index (χ2v) is 9.13. The summed E-state index contributed by atoms with van der Waals surface area (Å²) in [5, 5.41) is 2.78. The van der Waals surface area contributed by atoms with Gasteiger partial charge in [-0.25, -0.2) is 8.42 Å². The van der Waals surface area contributed by atoms with E-state index in [9.17, 15) is 13.2 Å². The van der Waals surface area contributed by atoms with Gasteiger partial charge in [0.2, 0.25) is 5.91 Å². The molecule has 144 valence electrons. The van der Waals surface area contributed by atoms with Gasteiger partial charge in [-0.1, -0.05) is 17.7 Å². The average molecular weight is 387 g/mol. The monoisotopic (exact) mass is 386 g/mol. The van der Waals surface area contributed by atoms with E-state index in [0.717, 1.165) is 24.3 Å². The first-order chi connectivity index (χ1) is 12.9. The van der Waals surface area contributed by atoms with E-state index in [4.69, 9.17) is 0 Å². The molecule has 1 heterocycles. The summed E-state index contributed by atoms with van der Waals surface area (Å²) in [6.07, 6.45) is 3.65. The predicted octanol–water partition coefficient (Wildman–Crippen LogP) is 3.79. The van der Waals surface area contributed by atoms with Gasteiger partial charge < -0.3 is 10.2 Å². The third kappa shape index (κ3) is 5.32. The van der Waals surface area contributed by atoms with Gasteiger partial charge in [0.1, 0.15) is 0 Å². The molecule has 1 fully saturated rings. The number of nitrogens with one attached hydrogen (secondary N) is 1. The van der Waals surface area contributed by atoms with Crippen LogP contribution in [0.1, 0.15) is 31.2 Å². The Morgan fingerprint density at radius 1 is 0.963 bits per heavy atom. The van der Waals surface area contributed by atoms with Crippen molar-refractivity contribution in [2.75, 3.05) is 29.1 Å². The molecule has 0 bridgehead atoms. The summed E-state index contributed by atoms with van der Waals surface area (Å²) < 4.78 is 24.7. The number of sulfone groups is 1. The average Bonchev–Trinajstić information content (AvgIpc) is 2.68. The number of carbonyl (C=O) groups is 1. The number of rotatable bonds is 6. The Bertz CT molecular complexity index is 869. The molecule has 27 heavy (non-hydrogen) atoms. The molecule has 3 rings (SSSR count). The van der Waals surface area contributed by atoms with Crippen LogP contribution >= 0.6 is 0 Å². The quantitative estimate of drug-likeness (QED) is 0.820. The maximum atomic E-state index is 12.3. The standard InChI is InChI=1S/C21H26N2O3S/c1-17-5-11-20(12-6-17)27(25,26)16-13-21(24)22-18-7-9-19(10-8-18)23-14-3-2-4-15-23/h5-12H,2-4,13-16H2,1H3,(H,22,24). The molecule has 2 aromatic rings. The van der Waals surface area contributed by atoms with Crippen molar-refractivity contribution in [2.24, 2.45) is 0 Å². The number of carbonyl (C=O) groups excluding carboxylic acids is 1. The van der Waals surface area contributed by atoms with Gasteiger partial charge in [-0.3, -0.25) is 4.79 Å². The molecule has 5 nitrogen and oxygen atoms in total. The van der Waals surface area contributed by atoms with Crippen LogP contribution in [0.15, 0.2) is 53.4 Å². The van der Waals surface area contributed by atoms with E-state index in [1.807, 2.05) is 31.2 Å². The van der Waals surface area contributed by atoms with Crippen molar-refractivity contribution in [3.63, 3.8) is 0 Å². The minimum atomic E-state index is -3.45. The molecule has 1 aliphatic heterocycles. The minimum Gasteiger partial charge on any atom is -0.372 e. The van der Waals surface area contributed by atoms with Crippen LogP contribution in [0.4, 0.5) is 11.4 Å². The highest BCUT2D eigenvalue weighted by atomic mass is 32.2. The van der Waals surface area contributed by atoms with E-state index in [1.54, 1.807) is 24.3 Å². The lowest BCUT2D eigenvalue weighted by Gasteiger charge is -2.28. The predicted molar refractivity (Wildman–Crippen MR) is 109 cm³/mol. The van der Waals surface area contributed by atoms with Gasteiger partial charge in [0.25, 0.3) is 0 Å². The summed E-state index contributed by atoms with van der Waals surface area (Å²) in [4.78, 5) is 14.8. The summed E-state index contributed by atoms with van der Waals surface area (Å²) in [5.41, 5.74) is 2.85. The van der Waals surface area contributed by atoms with Crippen molar-refractivity contribution < 1.29 is 13.2 Å². The summed E-state index contributed by atoms with van der Waals surface area (Å²) in [6, 6.07) is 14.4. The van der Waals surface area contributed by atoms with Gasteiger partial charge in [0, 0.05) is 30.9 Å². The summed E-state index contributed by atoms with van der Waals surface area (Å²) in [5.74, 6) is -0.496. The van der Waals surface area contributed by atoms with Crippen LogP contribution in [0.2, 0.25) is 0 Å². The Hall–Kier alpha value is -2.34. The van der Waals surface area contributed by atoms with Crippen molar-refractivity contribution in [1.29, 1.82) is 0 Å². The fourth-order valence-corrected chi connectivity index (χ4v) is 4.46. The molecular formula is C21H26N2O3S. The molecule has 2 aromatic carbocycles. The summed E-state index contributed by atoms with van der Waals surface area (Å²) >= 11 is 0. The van der Waals surface area contributed by atoms with Crippen LogP contribution in [-0.2, 0) is 14.6 Å². The van der Waals surface area contributed by atoms with E-state index >= 15 is 0 Å². The molecule has 6 heteroatoms. The van der Waals surface area contributed by atoms with Crippen molar-refractivity contribution >= 4 is 27.1 Å². The Kier molecular flexibility index (Phi) is 6.16. The molecule has 0 unspecified atom stereocenters. The molecule has 1 amide bonds. The molecule has 0 saturated carbocycles. The zero-order valence-corrected chi connectivity index (χ0v) is 16.5. The topological polar surface area (TPSA) is 66.5 Å². The van der Waals surface area contributed by atoms with Crippen molar-refractivity contribution in [3.05, 3.63) is 54.1 Å². The summed E-state index contributed by atoms with van der Waals surface area (Å²) in [7, 11) is -3.45. The third-order valence-electron chi connectivity index (χ3n) is 4.85. The molecule has 1 aliphatic rings. The van der Waals surface area contributed by atoms with Crippen molar-refractivity contribution in [1.82, 2.24) is 0 Å². The summed E-state index contributed by atoms with van der Waals surface area (Å²) in [6.45, 7) is 4.05. The Labute approximate surface area is 161 Å². The third-order valence-corrected chi connectivity index (χ3v) is 6.58. The zero-order valence-electron chi connectivity index (χ0n) is 15.6. The Balaban J connectivity index is 1.53. The molecule has 0 atom stereocenters. The number of nitrogens with zero attached hydrogens (tertiary/aromatic N) is 1. The number of benzene rings is 2. The van der Waals surface area contributed by atoms with Crippen LogP contribution < -0.4 is 10.2 Å². The second kappa shape index (κ2) is 8.57. The lowest BCUT2D eigenvalue weighted by molar-refractivity contribution is -0.115. The number of piperidine rings is 1. The molecule has 0 aliphatic carbocycles. The molecule has 1 N–H and O–H groups in total. The smallest absolute Gasteiger partial charge is 0.225 e. The Morgan fingerprint density at radius 2 is 1.59 bits per heavy atom. The van der Waals surface area contributed by atoms with Crippen molar-refractivity contribution in [3.8, 4) is 0 Å². The van der Waals surface area contributed by atoms with Crippen molar-refractivity contribution in [2.45, 2.75) is 37.5 Å². The molecular weight excluding hydrogens is 360 g/mol. The number of hydrogen-bond donors (Lipinski definition) is 1. The van der Waals surface area contributed by atoms with Crippen LogP contribution in [0.25, 0.3) is 0 Å². The minimum absolute atomic E-state index is 0.0654. The van der Waals surface area contributed by atoms with Crippen LogP contribution in [0.5, 0.6) is 0 Å². The van der Waals surface area contributed by atoms with Gasteiger partial charge in [-0.15, -0.1) is 0 Å². The molecule has 0 aromatic heterocycles. The largest absolute Gasteiger partial charge is 0.372 e. The zero-order chi connectivity index (χ0) is 19.3. The molecule has 0 spiro atoms. The molecule has 0 radical (unpaired) electrons. The van der Waals surface area contributed by atoms with Gasteiger partial charge in [0.05, 0.1) is 10.6 Å². The van der Waals surface area contributed by atoms with Crippen LogP contribution in [0, 0.1) is 6.92 Å². The normalized spacial score (nSPS) is 14.8. The lowest BCUT2D eigenvalue weighted by atomic mass is 10.1. The van der Waals surface area contributed by atoms with Gasteiger partial charge in [0.15, 0.2) is 9.84 Å². The fourth-order valence-electron chi connectivity index (χ4n) is 3.22. The highest BCUT2D eigenvalue weighted by Crippen LogP contribution is 2.22. The van der Waals surface area contributed by atoms with Gasteiger partial charge >= 0.3 is 0 Å².